The summed E-state index contributed by atoms with van der Waals surface area (Å²) >= 11 is 0. The number of hydrogen-bond acceptors (Lipinski definition) is 3. The molecule has 0 bridgehead atoms. The maximum absolute atomic E-state index is 13.1. The molecule has 0 saturated carbocycles. The highest BCUT2D eigenvalue weighted by Crippen LogP contribution is 2.18. The van der Waals surface area contributed by atoms with Gasteiger partial charge in [0.15, 0.2) is 0 Å². The van der Waals surface area contributed by atoms with Gasteiger partial charge in [-0.15, -0.1) is 0 Å². The minimum absolute atomic E-state index is 0.169. The smallest absolute Gasteiger partial charge is 0.335 e. The number of benzene rings is 1. The van der Waals surface area contributed by atoms with E-state index in [2.05, 4.69) is 10.3 Å². The van der Waals surface area contributed by atoms with Gasteiger partial charge in [0.25, 0.3) is 0 Å². The maximum Gasteiger partial charge on any atom is 0.335 e. The van der Waals surface area contributed by atoms with Crippen LogP contribution >= 0.6 is 0 Å². The molecule has 0 aliphatic heterocycles. The fraction of sp³-hybridized carbons (Fsp3) is 0.200. The Morgan fingerprint density at radius 1 is 1.35 bits per heavy atom. The Balaban J connectivity index is 2.32. The predicted octanol–water partition coefficient (Wildman–Crippen LogP) is 3.62. The van der Waals surface area contributed by atoms with Gasteiger partial charge in [-0.25, -0.2) is 14.2 Å². The molecule has 1 aromatic heterocycles. The normalized spacial score (nSPS) is 10.3. The fourth-order valence-electron chi connectivity index (χ4n) is 1.87. The van der Waals surface area contributed by atoms with Crippen molar-refractivity contribution in [1.82, 2.24) is 4.98 Å². The van der Waals surface area contributed by atoms with Gasteiger partial charge in [0.2, 0.25) is 0 Å². The number of carboxylic acids is 1. The van der Waals surface area contributed by atoms with Crippen LogP contribution in [0.1, 0.15) is 29.4 Å². The molecule has 0 radical (unpaired) electrons. The van der Waals surface area contributed by atoms with E-state index in [0.29, 0.717) is 23.6 Å². The van der Waals surface area contributed by atoms with Gasteiger partial charge < -0.3 is 10.4 Å². The highest BCUT2D eigenvalue weighted by Gasteiger charge is 2.08. The number of rotatable bonds is 5. The van der Waals surface area contributed by atoms with Crippen LogP contribution < -0.4 is 5.32 Å². The summed E-state index contributed by atoms with van der Waals surface area (Å²) < 4.78 is 13.1. The third-order valence-corrected chi connectivity index (χ3v) is 2.73. The average molecular weight is 274 g/mol. The molecule has 0 atom stereocenters. The number of anilines is 2. The number of nitrogens with zero attached hydrogens (tertiary/aromatic N) is 1. The summed E-state index contributed by atoms with van der Waals surface area (Å²) in [6.45, 7) is 1.99. The van der Waals surface area contributed by atoms with Crippen LogP contribution in [-0.2, 0) is 6.42 Å². The molecule has 0 spiro atoms. The Morgan fingerprint density at radius 2 is 2.15 bits per heavy atom. The second kappa shape index (κ2) is 6.14. The van der Waals surface area contributed by atoms with Gasteiger partial charge in [-0.05, 0) is 36.8 Å². The number of carbonyl (C=O) groups is 1. The Morgan fingerprint density at radius 3 is 2.80 bits per heavy atom. The number of hydrogen-bond donors (Lipinski definition) is 2. The van der Waals surface area contributed by atoms with Crippen LogP contribution in [0.5, 0.6) is 0 Å². The van der Waals surface area contributed by atoms with E-state index in [0.717, 1.165) is 6.42 Å². The lowest BCUT2D eigenvalue weighted by molar-refractivity contribution is 0.0696. The van der Waals surface area contributed by atoms with E-state index in [4.69, 9.17) is 5.11 Å². The first kappa shape index (κ1) is 14.0. The largest absolute Gasteiger partial charge is 0.478 e. The summed E-state index contributed by atoms with van der Waals surface area (Å²) in [6, 6.07) is 8.93. The van der Waals surface area contributed by atoms with E-state index in [-0.39, 0.29) is 11.4 Å². The molecule has 0 unspecified atom stereocenters. The lowest BCUT2D eigenvalue weighted by Gasteiger charge is -2.09. The lowest BCUT2D eigenvalue weighted by atomic mass is 10.1. The molecule has 104 valence electrons. The molecule has 2 aromatic rings. The van der Waals surface area contributed by atoms with Crippen molar-refractivity contribution in [3.8, 4) is 0 Å². The van der Waals surface area contributed by atoms with Crippen LogP contribution in [0.2, 0.25) is 0 Å². The molecular weight excluding hydrogens is 259 g/mol. The first-order valence-corrected chi connectivity index (χ1v) is 6.35. The second-order valence-corrected chi connectivity index (χ2v) is 4.42. The molecule has 0 aliphatic rings. The predicted molar refractivity (Wildman–Crippen MR) is 74.9 cm³/mol. The molecule has 4 nitrogen and oxygen atoms in total. The Hall–Kier alpha value is -2.43. The van der Waals surface area contributed by atoms with Crippen molar-refractivity contribution in [2.24, 2.45) is 0 Å². The standard InChI is InChI=1S/C15H15FN2O2/c1-2-4-12-7-10(15(19)20)8-14(17-12)18-13-6-3-5-11(16)9-13/h3,5-9H,2,4H2,1H3,(H,17,18)(H,19,20). The van der Waals surface area contributed by atoms with Gasteiger partial charge in [-0.1, -0.05) is 19.4 Å². The Kier molecular flexibility index (Phi) is 4.30. The molecule has 0 saturated heterocycles. The van der Waals surface area contributed by atoms with Gasteiger partial charge in [-0.3, -0.25) is 0 Å². The molecule has 2 N–H and O–H groups in total. The SMILES string of the molecule is CCCc1cc(C(=O)O)cc(Nc2cccc(F)c2)n1. The van der Waals surface area contributed by atoms with Crippen molar-refractivity contribution in [2.45, 2.75) is 19.8 Å². The zero-order valence-corrected chi connectivity index (χ0v) is 11.1. The van der Waals surface area contributed by atoms with Gasteiger partial charge in [0.1, 0.15) is 11.6 Å². The molecule has 0 aliphatic carbocycles. The molecule has 1 heterocycles. The topological polar surface area (TPSA) is 62.2 Å². The van der Waals surface area contributed by atoms with E-state index in [9.17, 15) is 9.18 Å². The number of halogens is 1. The maximum atomic E-state index is 13.1. The summed E-state index contributed by atoms with van der Waals surface area (Å²) in [7, 11) is 0. The van der Waals surface area contributed by atoms with Crippen LogP contribution in [0.15, 0.2) is 36.4 Å². The average Bonchev–Trinajstić information content (AvgIpc) is 2.38. The number of nitrogens with one attached hydrogen (secondary N) is 1. The third-order valence-electron chi connectivity index (χ3n) is 2.73. The molecule has 20 heavy (non-hydrogen) atoms. The van der Waals surface area contributed by atoms with Crippen LogP contribution in [-0.4, -0.2) is 16.1 Å². The number of carboxylic acid groups (broad SMARTS) is 1. The number of aromatic nitrogens is 1. The van der Waals surface area contributed by atoms with Crippen molar-refractivity contribution >= 4 is 17.5 Å². The van der Waals surface area contributed by atoms with Gasteiger partial charge in [0, 0.05) is 11.4 Å². The van der Waals surface area contributed by atoms with Gasteiger partial charge in [0.05, 0.1) is 5.56 Å². The van der Waals surface area contributed by atoms with E-state index in [1.54, 1.807) is 18.2 Å². The first-order valence-electron chi connectivity index (χ1n) is 6.35. The first-order chi connectivity index (χ1) is 9.58. The van der Waals surface area contributed by atoms with E-state index in [1.165, 1.54) is 18.2 Å². The minimum Gasteiger partial charge on any atom is -0.478 e. The molecule has 0 amide bonds. The number of aryl methyl sites for hydroxylation is 1. The molecular formula is C15H15FN2O2. The minimum atomic E-state index is -1.01. The molecule has 0 fully saturated rings. The summed E-state index contributed by atoms with van der Waals surface area (Å²) in [4.78, 5) is 15.4. The number of pyridine rings is 1. The van der Waals surface area contributed by atoms with Gasteiger partial charge in [-0.2, -0.15) is 0 Å². The quantitative estimate of drug-likeness (QED) is 0.874. The lowest BCUT2D eigenvalue weighted by Crippen LogP contribution is -2.04. The highest BCUT2D eigenvalue weighted by molar-refractivity contribution is 5.88. The molecule has 1 aromatic carbocycles. The highest BCUT2D eigenvalue weighted by atomic mass is 19.1. The summed E-state index contributed by atoms with van der Waals surface area (Å²) in [5.74, 6) is -0.968. The zero-order valence-electron chi connectivity index (χ0n) is 11.1. The van der Waals surface area contributed by atoms with E-state index >= 15 is 0 Å². The van der Waals surface area contributed by atoms with Crippen LogP contribution in [0, 0.1) is 5.82 Å². The molecule has 2 rings (SSSR count). The third kappa shape index (κ3) is 3.54. The zero-order chi connectivity index (χ0) is 14.5. The fourth-order valence-corrected chi connectivity index (χ4v) is 1.87. The van der Waals surface area contributed by atoms with Crippen LogP contribution in [0.4, 0.5) is 15.9 Å². The molecule has 5 heteroatoms. The van der Waals surface area contributed by atoms with Crippen LogP contribution in [0.25, 0.3) is 0 Å². The monoisotopic (exact) mass is 274 g/mol. The van der Waals surface area contributed by atoms with Crippen molar-refractivity contribution in [1.29, 1.82) is 0 Å². The van der Waals surface area contributed by atoms with E-state index in [1.807, 2.05) is 6.92 Å². The Bertz CT molecular complexity index is 629. The summed E-state index contributed by atoms with van der Waals surface area (Å²) in [5, 5.41) is 12.0. The van der Waals surface area contributed by atoms with Crippen molar-refractivity contribution in [3.63, 3.8) is 0 Å². The number of aromatic carboxylic acids is 1. The second-order valence-electron chi connectivity index (χ2n) is 4.42. The van der Waals surface area contributed by atoms with Crippen molar-refractivity contribution in [2.75, 3.05) is 5.32 Å². The summed E-state index contributed by atoms with van der Waals surface area (Å²) in [6.07, 6.45) is 1.56. The Labute approximate surface area is 116 Å². The van der Waals surface area contributed by atoms with Crippen molar-refractivity contribution < 1.29 is 14.3 Å². The van der Waals surface area contributed by atoms with Crippen LogP contribution in [0.3, 0.4) is 0 Å². The van der Waals surface area contributed by atoms with Crippen molar-refractivity contribution in [3.05, 3.63) is 53.5 Å². The van der Waals surface area contributed by atoms with E-state index < -0.39 is 5.97 Å². The van der Waals surface area contributed by atoms with Gasteiger partial charge >= 0.3 is 5.97 Å². The summed E-state index contributed by atoms with van der Waals surface area (Å²) in [5.41, 5.74) is 1.40.